The number of thioether (sulfide) groups is 1. The van der Waals surface area contributed by atoms with Crippen LogP contribution in [0.4, 0.5) is 0 Å². The molecule has 3 rings (SSSR count). The van der Waals surface area contributed by atoms with Crippen molar-refractivity contribution in [3.05, 3.63) is 29.8 Å². The predicted molar refractivity (Wildman–Crippen MR) is 115 cm³/mol. The molecule has 1 fully saturated rings. The van der Waals surface area contributed by atoms with E-state index in [1.807, 2.05) is 24.0 Å². The number of hydrogen-bond acceptors (Lipinski definition) is 5. The third kappa shape index (κ3) is 4.69. The minimum Gasteiger partial charge on any atom is -0.342 e. The largest absolute Gasteiger partial charge is 0.342 e. The van der Waals surface area contributed by atoms with E-state index in [1.165, 1.54) is 34.8 Å². The molecular formula is C21H31N5OS. The molecule has 2 aromatic rings. The summed E-state index contributed by atoms with van der Waals surface area (Å²) in [6.45, 7) is 10.2. The lowest BCUT2D eigenvalue weighted by atomic mass is 9.87. The van der Waals surface area contributed by atoms with E-state index < -0.39 is 0 Å². The van der Waals surface area contributed by atoms with Crippen LogP contribution in [0, 0.1) is 0 Å². The van der Waals surface area contributed by atoms with Gasteiger partial charge in [-0.2, -0.15) is 0 Å². The van der Waals surface area contributed by atoms with Gasteiger partial charge in [0, 0.05) is 18.7 Å². The fourth-order valence-corrected chi connectivity index (χ4v) is 4.28. The molecule has 1 aliphatic rings. The fraction of sp³-hybridized carbons (Fsp3) is 0.571. The van der Waals surface area contributed by atoms with Crippen LogP contribution in [0.15, 0.2) is 29.4 Å². The zero-order valence-electron chi connectivity index (χ0n) is 17.3. The summed E-state index contributed by atoms with van der Waals surface area (Å²) in [7, 11) is 0. The Bertz CT molecular complexity index is 801. The van der Waals surface area contributed by atoms with Gasteiger partial charge in [0.05, 0.1) is 5.25 Å². The summed E-state index contributed by atoms with van der Waals surface area (Å²) in [6, 6.07) is 8.24. The molecule has 0 aliphatic carbocycles. The SMILES string of the molecule is C[C@@H](Sc1nnc(-c2ccc(C(C)(C)C)cc2)n1N)C(=O)N1CCCCCC1. The van der Waals surface area contributed by atoms with Crippen molar-refractivity contribution in [1.29, 1.82) is 0 Å². The van der Waals surface area contributed by atoms with Crippen molar-refractivity contribution in [3.8, 4) is 11.4 Å². The Balaban J connectivity index is 1.71. The molecule has 6 nitrogen and oxygen atoms in total. The number of nitrogens with two attached hydrogens (primary N) is 1. The van der Waals surface area contributed by atoms with Crippen LogP contribution in [-0.2, 0) is 10.2 Å². The van der Waals surface area contributed by atoms with Gasteiger partial charge in [0.25, 0.3) is 0 Å². The molecule has 1 saturated heterocycles. The van der Waals surface area contributed by atoms with Gasteiger partial charge in [-0.15, -0.1) is 10.2 Å². The first-order chi connectivity index (χ1) is 13.3. The number of aromatic nitrogens is 3. The maximum absolute atomic E-state index is 12.8. The van der Waals surface area contributed by atoms with Crippen molar-refractivity contribution >= 4 is 17.7 Å². The number of hydrogen-bond donors (Lipinski definition) is 1. The van der Waals surface area contributed by atoms with E-state index in [0.29, 0.717) is 11.0 Å². The molecule has 1 aromatic heterocycles. The molecule has 0 spiro atoms. The van der Waals surface area contributed by atoms with E-state index in [0.717, 1.165) is 31.5 Å². The lowest BCUT2D eigenvalue weighted by molar-refractivity contribution is -0.130. The first-order valence-electron chi connectivity index (χ1n) is 10.0. The minimum atomic E-state index is -0.235. The van der Waals surface area contributed by atoms with Crippen LogP contribution in [0.2, 0.25) is 0 Å². The molecule has 1 atom stereocenters. The molecule has 152 valence electrons. The van der Waals surface area contributed by atoms with E-state index in [2.05, 4.69) is 43.1 Å². The van der Waals surface area contributed by atoms with Crippen LogP contribution in [0.5, 0.6) is 0 Å². The Hall–Kier alpha value is -2.02. The van der Waals surface area contributed by atoms with Crippen LogP contribution >= 0.6 is 11.8 Å². The van der Waals surface area contributed by atoms with E-state index in [9.17, 15) is 4.79 Å². The minimum absolute atomic E-state index is 0.0963. The van der Waals surface area contributed by atoms with Crippen molar-refractivity contribution in [2.45, 2.75) is 69.2 Å². The number of benzene rings is 1. The summed E-state index contributed by atoms with van der Waals surface area (Å²) in [5.74, 6) is 7.02. The Kier molecular flexibility index (Phi) is 6.33. The summed E-state index contributed by atoms with van der Waals surface area (Å²) in [5, 5.41) is 8.81. The van der Waals surface area contributed by atoms with Gasteiger partial charge in [0.2, 0.25) is 11.1 Å². The Morgan fingerprint density at radius 3 is 2.25 bits per heavy atom. The highest BCUT2D eigenvalue weighted by Gasteiger charge is 2.25. The first kappa shape index (κ1) is 20.7. The summed E-state index contributed by atoms with van der Waals surface area (Å²) in [6.07, 6.45) is 4.59. The standard InChI is InChI=1S/C21H31N5OS/c1-15(19(27)25-13-7-5-6-8-14-25)28-20-24-23-18(26(20)22)16-9-11-17(12-10-16)21(2,3)4/h9-12,15H,5-8,13-14,22H2,1-4H3/t15-/m1/s1. The molecule has 1 amide bonds. The normalized spacial score (nSPS) is 16.6. The molecule has 7 heteroatoms. The van der Waals surface area contributed by atoms with Crippen LogP contribution in [0.3, 0.4) is 0 Å². The summed E-state index contributed by atoms with van der Waals surface area (Å²) >= 11 is 1.37. The third-order valence-electron chi connectivity index (χ3n) is 5.22. The summed E-state index contributed by atoms with van der Waals surface area (Å²) < 4.78 is 1.49. The second-order valence-corrected chi connectivity index (χ2v) is 9.81. The summed E-state index contributed by atoms with van der Waals surface area (Å²) in [4.78, 5) is 14.8. The Morgan fingerprint density at radius 2 is 1.68 bits per heavy atom. The second kappa shape index (κ2) is 8.55. The van der Waals surface area contributed by atoms with Crippen LogP contribution in [0.25, 0.3) is 11.4 Å². The highest BCUT2D eigenvalue weighted by Crippen LogP contribution is 2.28. The molecule has 0 unspecified atom stereocenters. The van der Waals surface area contributed by atoms with Gasteiger partial charge in [-0.1, -0.05) is 69.6 Å². The predicted octanol–water partition coefficient (Wildman–Crippen LogP) is 3.84. The van der Waals surface area contributed by atoms with Gasteiger partial charge in [-0.3, -0.25) is 4.79 Å². The Morgan fingerprint density at radius 1 is 1.07 bits per heavy atom. The van der Waals surface area contributed by atoms with Gasteiger partial charge < -0.3 is 10.7 Å². The quantitative estimate of drug-likeness (QED) is 0.622. The number of carbonyl (C=O) groups is 1. The lowest BCUT2D eigenvalue weighted by Crippen LogP contribution is -2.37. The fourth-order valence-electron chi connectivity index (χ4n) is 3.43. The smallest absolute Gasteiger partial charge is 0.235 e. The van der Waals surface area contributed by atoms with Crippen LogP contribution < -0.4 is 5.84 Å². The first-order valence-corrected chi connectivity index (χ1v) is 10.9. The molecule has 0 saturated carbocycles. The molecule has 1 aromatic carbocycles. The van der Waals surface area contributed by atoms with Gasteiger partial charge in [-0.05, 0) is 30.7 Å². The van der Waals surface area contributed by atoms with E-state index >= 15 is 0 Å². The highest BCUT2D eigenvalue weighted by molar-refractivity contribution is 8.00. The molecular weight excluding hydrogens is 370 g/mol. The van der Waals surface area contributed by atoms with Crippen LogP contribution in [-0.4, -0.2) is 44.0 Å². The number of nitrogens with zero attached hydrogens (tertiary/aromatic N) is 4. The van der Waals surface area contributed by atoms with Crippen molar-refractivity contribution in [3.63, 3.8) is 0 Å². The summed E-state index contributed by atoms with van der Waals surface area (Å²) in [5.41, 5.74) is 2.27. The molecule has 0 bridgehead atoms. The maximum Gasteiger partial charge on any atom is 0.235 e. The zero-order chi connectivity index (χ0) is 20.3. The molecule has 28 heavy (non-hydrogen) atoms. The number of rotatable bonds is 4. The third-order valence-corrected chi connectivity index (χ3v) is 6.27. The maximum atomic E-state index is 12.8. The monoisotopic (exact) mass is 401 g/mol. The van der Waals surface area contributed by atoms with E-state index in [-0.39, 0.29) is 16.6 Å². The van der Waals surface area contributed by atoms with Gasteiger partial charge in [0.15, 0.2) is 5.82 Å². The molecule has 2 heterocycles. The van der Waals surface area contributed by atoms with E-state index in [4.69, 9.17) is 5.84 Å². The number of nitrogen functional groups attached to an aromatic ring is 1. The number of likely N-dealkylation sites (tertiary alicyclic amines) is 1. The highest BCUT2D eigenvalue weighted by atomic mass is 32.2. The zero-order valence-corrected chi connectivity index (χ0v) is 18.1. The van der Waals surface area contributed by atoms with Gasteiger partial charge >= 0.3 is 0 Å². The molecule has 0 radical (unpaired) electrons. The topological polar surface area (TPSA) is 77.0 Å². The number of amides is 1. The average molecular weight is 402 g/mol. The molecule has 2 N–H and O–H groups in total. The van der Waals surface area contributed by atoms with E-state index in [1.54, 1.807) is 0 Å². The van der Waals surface area contributed by atoms with Crippen molar-refractivity contribution in [1.82, 2.24) is 19.8 Å². The second-order valence-electron chi connectivity index (χ2n) is 8.50. The van der Waals surface area contributed by atoms with Gasteiger partial charge in [-0.25, -0.2) is 4.68 Å². The Labute approximate surface area is 171 Å². The lowest BCUT2D eigenvalue weighted by Gasteiger charge is -2.23. The number of carbonyl (C=O) groups excluding carboxylic acids is 1. The van der Waals surface area contributed by atoms with Crippen molar-refractivity contribution in [2.24, 2.45) is 0 Å². The van der Waals surface area contributed by atoms with Crippen LogP contribution in [0.1, 0.15) is 58.9 Å². The van der Waals surface area contributed by atoms with Gasteiger partial charge in [0.1, 0.15) is 0 Å². The van der Waals surface area contributed by atoms with Crippen molar-refractivity contribution < 1.29 is 4.79 Å². The van der Waals surface area contributed by atoms with Crippen molar-refractivity contribution in [2.75, 3.05) is 18.9 Å². The average Bonchev–Trinajstić information content (AvgIpc) is 2.87. The molecule has 1 aliphatic heterocycles.